The molecule has 1 aromatic carbocycles. The zero-order valence-corrected chi connectivity index (χ0v) is 10.9. The molecule has 0 saturated carbocycles. The maximum Gasteiger partial charge on any atom is 0.181 e. The summed E-state index contributed by atoms with van der Waals surface area (Å²) in [6, 6.07) is 6.08. The Balaban J connectivity index is 1.90. The van der Waals surface area contributed by atoms with Crippen LogP contribution in [0.25, 0.3) is 11.1 Å². The second-order valence-corrected chi connectivity index (χ2v) is 5.19. The monoisotopic (exact) mass is 248 g/mol. The van der Waals surface area contributed by atoms with E-state index < -0.39 is 0 Å². The van der Waals surface area contributed by atoms with Crippen LogP contribution in [-0.4, -0.2) is 28.8 Å². The Kier molecular flexibility index (Phi) is 3.99. The van der Waals surface area contributed by atoms with Gasteiger partial charge in [-0.25, -0.2) is 4.98 Å². The van der Waals surface area contributed by atoms with Gasteiger partial charge >= 0.3 is 0 Å². The lowest BCUT2D eigenvalue weighted by Crippen LogP contribution is -2.41. The fourth-order valence-electron chi connectivity index (χ4n) is 1.97. The van der Waals surface area contributed by atoms with E-state index in [1.54, 1.807) is 0 Å². The smallest absolute Gasteiger partial charge is 0.181 e. The summed E-state index contributed by atoms with van der Waals surface area (Å²) in [5.41, 5.74) is 2.94. The van der Waals surface area contributed by atoms with Crippen molar-refractivity contribution in [2.45, 2.75) is 32.2 Å². The van der Waals surface area contributed by atoms with Gasteiger partial charge in [0.1, 0.15) is 5.52 Å². The number of benzene rings is 1. The SMILES string of the molecule is CC(C)(CCO)NCCc1ccc2ncoc2c1. The Morgan fingerprint density at radius 3 is 3.00 bits per heavy atom. The van der Waals surface area contributed by atoms with E-state index in [-0.39, 0.29) is 12.1 Å². The Bertz CT molecular complexity index is 505. The normalized spacial score (nSPS) is 12.2. The van der Waals surface area contributed by atoms with E-state index in [0.717, 1.165) is 30.5 Å². The number of fused-ring (bicyclic) bond motifs is 1. The summed E-state index contributed by atoms with van der Waals surface area (Å²) >= 11 is 0. The van der Waals surface area contributed by atoms with Crippen LogP contribution in [0.1, 0.15) is 25.8 Å². The minimum Gasteiger partial charge on any atom is -0.443 e. The van der Waals surface area contributed by atoms with Gasteiger partial charge in [-0.3, -0.25) is 0 Å². The Morgan fingerprint density at radius 2 is 2.22 bits per heavy atom. The zero-order valence-electron chi connectivity index (χ0n) is 10.9. The van der Waals surface area contributed by atoms with Gasteiger partial charge in [-0.1, -0.05) is 6.07 Å². The topological polar surface area (TPSA) is 58.3 Å². The Labute approximate surface area is 107 Å². The van der Waals surface area contributed by atoms with Crippen LogP contribution in [0.2, 0.25) is 0 Å². The first-order valence-electron chi connectivity index (χ1n) is 6.29. The van der Waals surface area contributed by atoms with Crippen LogP contribution >= 0.6 is 0 Å². The average Bonchev–Trinajstić information content (AvgIpc) is 2.75. The van der Waals surface area contributed by atoms with E-state index in [4.69, 9.17) is 9.52 Å². The standard InChI is InChI=1S/C14H20N2O2/c1-14(2,6-8-17)16-7-5-11-3-4-12-13(9-11)18-10-15-12/h3-4,9-10,16-17H,5-8H2,1-2H3. The molecule has 98 valence electrons. The summed E-state index contributed by atoms with van der Waals surface area (Å²) in [4.78, 5) is 4.09. The van der Waals surface area contributed by atoms with Gasteiger partial charge in [-0.2, -0.15) is 0 Å². The molecule has 0 radical (unpaired) electrons. The summed E-state index contributed by atoms with van der Waals surface area (Å²) in [5.74, 6) is 0. The summed E-state index contributed by atoms with van der Waals surface area (Å²) in [5, 5.41) is 12.4. The lowest BCUT2D eigenvalue weighted by Gasteiger charge is -2.25. The van der Waals surface area contributed by atoms with Crippen molar-refractivity contribution in [3.63, 3.8) is 0 Å². The minimum absolute atomic E-state index is 0.0227. The van der Waals surface area contributed by atoms with Crippen molar-refractivity contribution in [3.8, 4) is 0 Å². The summed E-state index contributed by atoms with van der Waals surface area (Å²) < 4.78 is 5.28. The molecule has 0 amide bonds. The number of aromatic nitrogens is 1. The molecule has 0 atom stereocenters. The highest BCUT2D eigenvalue weighted by molar-refractivity contribution is 5.72. The first-order chi connectivity index (χ1) is 8.61. The van der Waals surface area contributed by atoms with E-state index in [2.05, 4.69) is 30.2 Å². The fraction of sp³-hybridized carbons (Fsp3) is 0.500. The van der Waals surface area contributed by atoms with Gasteiger partial charge in [0.2, 0.25) is 0 Å². The second kappa shape index (κ2) is 5.50. The van der Waals surface area contributed by atoms with Crippen LogP contribution in [0, 0.1) is 0 Å². The van der Waals surface area contributed by atoms with Crippen LogP contribution in [0.5, 0.6) is 0 Å². The van der Waals surface area contributed by atoms with E-state index in [0.29, 0.717) is 0 Å². The van der Waals surface area contributed by atoms with Gasteiger partial charge < -0.3 is 14.8 Å². The minimum atomic E-state index is -0.0227. The molecule has 4 nitrogen and oxygen atoms in total. The first-order valence-corrected chi connectivity index (χ1v) is 6.29. The number of aliphatic hydroxyl groups excluding tert-OH is 1. The highest BCUT2D eigenvalue weighted by atomic mass is 16.3. The molecule has 0 spiro atoms. The van der Waals surface area contributed by atoms with Gasteiger partial charge in [-0.15, -0.1) is 0 Å². The highest BCUT2D eigenvalue weighted by Gasteiger charge is 2.15. The van der Waals surface area contributed by atoms with Crippen molar-refractivity contribution in [1.29, 1.82) is 0 Å². The van der Waals surface area contributed by atoms with Crippen molar-refractivity contribution >= 4 is 11.1 Å². The molecule has 4 heteroatoms. The third-order valence-corrected chi connectivity index (χ3v) is 3.15. The third-order valence-electron chi connectivity index (χ3n) is 3.15. The van der Waals surface area contributed by atoms with Crippen molar-refractivity contribution < 1.29 is 9.52 Å². The predicted octanol–water partition coefficient (Wildman–Crippen LogP) is 2.12. The molecule has 0 bridgehead atoms. The number of hydrogen-bond donors (Lipinski definition) is 2. The molecule has 0 saturated heterocycles. The van der Waals surface area contributed by atoms with Crippen LogP contribution in [0.3, 0.4) is 0 Å². The molecule has 0 aliphatic carbocycles. The summed E-state index contributed by atoms with van der Waals surface area (Å²) in [6.45, 7) is 5.29. The summed E-state index contributed by atoms with van der Waals surface area (Å²) in [6.07, 6.45) is 3.16. The van der Waals surface area contributed by atoms with Gasteiger partial charge in [0.05, 0.1) is 0 Å². The third kappa shape index (κ3) is 3.31. The van der Waals surface area contributed by atoms with E-state index in [1.807, 2.05) is 12.1 Å². The number of hydrogen-bond acceptors (Lipinski definition) is 4. The van der Waals surface area contributed by atoms with Crippen LogP contribution < -0.4 is 5.32 Å². The lowest BCUT2D eigenvalue weighted by molar-refractivity contribution is 0.231. The van der Waals surface area contributed by atoms with Crippen molar-refractivity contribution in [2.75, 3.05) is 13.2 Å². The highest BCUT2D eigenvalue weighted by Crippen LogP contribution is 2.15. The van der Waals surface area contributed by atoms with Gasteiger partial charge in [-0.05, 0) is 50.9 Å². The molecule has 1 aromatic heterocycles. The molecule has 0 aliphatic rings. The van der Waals surface area contributed by atoms with Crippen LogP contribution in [0.4, 0.5) is 0 Å². The van der Waals surface area contributed by atoms with Gasteiger partial charge in [0.25, 0.3) is 0 Å². The van der Waals surface area contributed by atoms with E-state index in [9.17, 15) is 0 Å². The first kappa shape index (κ1) is 13.1. The second-order valence-electron chi connectivity index (χ2n) is 5.19. The fourth-order valence-corrected chi connectivity index (χ4v) is 1.97. The van der Waals surface area contributed by atoms with E-state index >= 15 is 0 Å². The van der Waals surface area contributed by atoms with Gasteiger partial charge in [0.15, 0.2) is 12.0 Å². The molecule has 0 unspecified atom stereocenters. The Morgan fingerprint density at radius 1 is 1.39 bits per heavy atom. The average molecular weight is 248 g/mol. The molecule has 2 N–H and O–H groups in total. The van der Waals surface area contributed by atoms with Crippen LogP contribution in [-0.2, 0) is 6.42 Å². The number of nitrogens with one attached hydrogen (secondary N) is 1. The molecule has 2 rings (SSSR count). The quantitative estimate of drug-likeness (QED) is 0.822. The maximum absolute atomic E-state index is 8.95. The molecular weight excluding hydrogens is 228 g/mol. The molecule has 18 heavy (non-hydrogen) atoms. The lowest BCUT2D eigenvalue weighted by atomic mass is 10.0. The van der Waals surface area contributed by atoms with Crippen molar-refractivity contribution in [1.82, 2.24) is 10.3 Å². The zero-order chi connectivity index (χ0) is 13.0. The molecular formula is C14H20N2O2. The predicted molar refractivity (Wildman–Crippen MR) is 71.5 cm³/mol. The number of aliphatic hydroxyl groups is 1. The molecule has 1 heterocycles. The largest absolute Gasteiger partial charge is 0.443 e. The summed E-state index contributed by atoms with van der Waals surface area (Å²) in [7, 11) is 0. The number of nitrogens with zero attached hydrogens (tertiary/aromatic N) is 1. The number of oxazole rings is 1. The Hall–Kier alpha value is -1.39. The maximum atomic E-state index is 8.95. The molecule has 0 fully saturated rings. The molecule has 0 aliphatic heterocycles. The van der Waals surface area contributed by atoms with Crippen LogP contribution in [0.15, 0.2) is 29.0 Å². The van der Waals surface area contributed by atoms with Crippen molar-refractivity contribution in [3.05, 3.63) is 30.2 Å². The number of rotatable bonds is 6. The van der Waals surface area contributed by atoms with E-state index in [1.165, 1.54) is 12.0 Å². The van der Waals surface area contributed by atoms with Crippen molar-refractivity contribution in [2.24, 2.45) is 0 Å². The molecule has 2 aromatic rings. The van der Waals surface area contributed by atoms with Gasteiger partial charge in [0, 0.05) is 12.1 Å².